The van der Waals surface area contributed by atoms with Crippen molar-refractivity contribution in [2.24, 2.45) is 0 Å². The number of amides is 1. The van der Waals surface area contributed by atoms with Gasteiger partial charge in [0.2, 0.25) is 5.91 Å². The molecule has 1 aromatic heterocycles. The molecule has 0 fully saturated rings. The van der Waals surface area contributed by atoms with Crippen molar-refractivity contribution < 1.29 is 23.8 Å². The number of rotatable bonds is 7. The number of para-hydroxylation sites is 1. The van der Waals surface area contributed by atoms with E-state index in [9.17, 15) is 9.59 Å². The molecule has 0 aliphatic carbocycles. The van der Waals surface area contributed by atoms with E-state index in [0.717, 1.165) is 5.69 Å². The molecular weight excluding hydrogens is 392 g/mol. The van der Waals surface area contributed by atoms with Crippen LogP contribution in [0.2, 0.25) is 0 Å². The van der Waals surface area contributed by atoms with Gasteiger partial charge in [-0.15, -0.1) is 11.3 Å². The summed E-state index contributed by atoms with van der Waals surface area (Å²) in [5, 5.41) is 2.27. The van der Waals surface area contributed by atoms with E-state index in [-0.39, 0.29) is 12.5 Å². The van der Waals surface area contributed by atoms with E-state index >= 15 is 0 Å². The molecule has 0 aliphatic heterocycles. The lowest BCUT2D eigenvalue weighted by Gasteiger charge is -2.17. The summed E-state index contributed by atoms with van der Waals surface area (Å²) >= 11 is 1.30. The molecule has 8 heteroatoms. The highest BCUT2D eigenvalue weighted by Gasteiger charge is 2.18. The second kappa shape index (κ2) is 9.20. The molecule has 3 aromatic rings. The van der Waals surface area contributed by atoms with Gasteiger partial charge in [0.25, 0.3) is 0 Å². The lowest BCUT2D eigenvalue weighted by atomic mass is 10.2. The average molecular weight is 412 g/mol. The summed E-state index contributed by atoms with van der Waals surface area (Å²) < 4.78 is 15.7. The molecule has 150 valence electrons. The maximum absolute atomic E-state index is 12.4. The minimum Gasteiger partial charge on any atom is -0.497 e. The number of nitrogens with zero attached hydrogens (tertiary/aromatic N) is 2. The van der Waals surface area contributed by atoms with Crippen molar-refractivity contribution in [2.75, 3.05) is 19.1 Å². The van der Waals surface area contributed by atoms with Crippen LogP contribution >= 0.6 is 11.3 Å². The van der Waals surface area contributed by atoms with Crippen LogP contribution in [0, 0.1) is 0 Å². The van der Waals surface area contributed by atoms with Crippen molar-refractivity contribution in [3.05, 3.63) is 65.2 Å². The van der Waals surface area contributed by atoms with Crippen LogP contribution in [0.3, 0.4) is 0 Å². The number of thiazole rings is 1. The standard InChI is InChI=1S/C21H20N2O5S/c1-14(24)23(17-7-5-4-6-8-17)21-22-16(13-29-21)12-28-20(25)15-9-18(26-2)11-19(10-15)27-3/h4-11,13H,12H2,1-3H3. The predicted octanol–water partition coefficient (Wildman–Crippen LogP) is 4.20. The van der Waals surface area contributed by atoms with Gasteiger partial charge in [0.15, 0.2) is 5.13 Å². The molecule has 0 aliphatic rings. The highest BCUT2D eigenvalue weighted by Crippen LogP contribution is 2.29. The number of ether oxygens (including phenoxy) is 3. The van der Waals surface area contributed by atoms with Gasteiger partial charge in [-0.3, -0.25) is 9.69 Å². The molecule has 2 aromatic carbocycles. The Bertz CT molecular complexity index is 981. The number of carbonyl (C=O) groups is 2. The van der Waals surface area contributed by atoms with E-state index in [1.165, 1.54) is 37.4 Å². The van der Waals surface area contributed by atoms with Gasteiger partial charge in [0, 0.05) is 18.4 Å². The molecule has 0 spiro atoms. The molecule has 3 rings (SSSR count). The normalized spacial score (nSPS) is 10.3. The first kappa shape index (κ1) is 20.3. The summed E-state index contributed by atoms with van der Waals surface area (Å²) in [7, 11) is 3.02. The van der Waals surface area contributed by atoms with Crippen molar-refractivity contribution in [1.29, 1.82) is 0 Å². The van der Waals surface area contributed by atoms with Crippen LogP contribution in [0.1, 0.15) is 23.0 Å². The molecule has 1 heterocycles. The smallest absolute Gasteiger partial charge is 0.338 e. The van der Waals surface area contributed by atoms with Gasteiger partial charge in [-0.1, -0.05) is 18.2 Å². The fourth-order valence-corrected chi connectivity index (χ4v) is 3.49. The number of aromatic nitrogens is 1. The van der Waals surface area contributed by atoms with Crippen LogP contribution < -0.4 is 14.4 Å². The van der Waals surface area contributed by atoms with Crippen LogP contribution in [0.25, 0.3) is 0 Å². The zero-order valence-electron chi connectivity index (χ0n) is 16.2. The van der Waals surface area contributed by atoms with Gasteiger partial charge in [-0.2, -0.15) is 0 Å². The summed E-state index contributed by atoms with van der Waals surface area (Å²) in [6, 6.07) is 14.1. The molecule has 0 N–H and O–H groups in total. The first-order chi connectivity index (χ1) is 14.0. The van der Waals surface area contributed by atoms with E-state index in [4.69, 9.17) is 14.2 Å². The van der Waals surface area contributed by atoms with Gasteiger partial charge in [0.05, 0.1) is 31.2 Å². The fourth-order valence-electron chi connectivity index (χ4n) is 2.62. The maximum atomic E-state index is 12.4. The Labute approximate surface area is 172 Å². The summed E-state index contributed by atoms with van der Waals surface area (Å²) in [4.78, 5) is 30.5. The quantitative estimate of drug-likeness (QED) is 0.541. The molecule has 0 saturated carbocycles. The third kappa shape index (κ3) is 4.91. The SMILES string of the molecule is COc1cc(OC)cc(C(=O)OCc2csc(N(C(C)=O)c3ccccc3)n2)c1. The molecule has 1 amide bonds. The van der Waals surface area contributed by atoms with E-state index < -0.39 is 5.97 Å². The van der Waals surface area contributed by atoms with Crippen LogP contribution in [0.15, 0.2) is 53.9 Å². The number of carbonyl (C=O) groups excluding carboxylic acids is 2. The Kier molecular flexibility index (Phi) is 6.46. The zero-order chi connectivity index (χ0) is 20.8. The van der Waals surface area contributed by atoms with Crippen LogP contribution in [-0.4, -0.2) is 31.1 Å². The second-order valence-corrected chi connectivity index (χ2v) is 6.83. The van der Waals surface area contributed by atoms with Gasteiger partial charge in [-0.25, -0.2) is 9.78 Å². The van der Waals surface area contributed by atoms with Crippen molar-refractivity contribution in [3.63, 3.8) is 0 Å². The number of hydrogen-bond donors (Lipinski definition) is 0. The summed E-state index contributed by atoms with van der Waals surface area (Å²) in [6.07, 6.45) is 0. The lowest BCUT2D eigenvalue weighted by molar-refractivity contribution is -0.115. The predicted molar refractivity (Wildman–Crippen MR) is 110 cm³/mol. The van der Waals surface area contributed by atoms with E-state index in [2.05, 4.69) is 4.98 Å². The van der Waals surface area contributed by atoms with Gasteiger partial charge >= 0.3 is 5.97 Å². The Morgan fingerprint density at radius 3 is 2.28 bits per heavy atom. The Hall–Kier alpha value is -3.39. The summed E-state index contributed by atoms with van der Waals surface area (Å²) in [5.74, 6) is 0.306. The van der Waals surface area contributed by atoms with Gasteiger partial charge in [-0.05, 0) is 24.3 Å². The largest absolute Gasteiger partial charge is 0.497 e. The number of esters is 1. The molecule has 0 atom stereocenters. The third-order valence-corrected chi connectivity index (χ3v) is 4.87. The minimum atomic E-state index is -0.525. The monoisotopic (exact) mass is 412 g/mol. The molecule has 0 radical (unpaired) electrons. The highest BCUT2D eigenvalue weighted by atomic mass is 32.1. The first-order valence-corrected chi connectivity index (χ1v) is 9.60. The van der Waals surface area contributed by atoms with Crippen molar-refractivity contribution in [1.82, 2.24) is 4.98 Å². The first-order valence-electron chi connectivity index (χ1n) is 8.72. The van der Waals surface area contributed by atoms with E-state index in [0.29, 0.717) is 27.9 Å². The van der Waals surface area contributed by atoms with E-state index in [1.54, 1.807) is 23.6 Å². The number of hydrogen-bond acceptors (Lipinski definition) is 7. The number of benzene rings is 2. The van der Waals surface area contributed by atoms with Crippen LogP contribution in [0.4, 0.5) is 10.8 Å². The molecule has 0 unspecified atom stereocenters. The molecular formula is C21H20N2O5S. The topological polar surface area (TPSA) is 78.0 Å². The zero-order valence-corrected chi connectivity index (χ0v) is 17.1. The summed E-state index contributed by atoms with van der Waals surface area (Å²) in [5.41, 5.74) is 1.59. The molecule has 7 nitrogen and oxygen atoms in total. The number of anilines is 2. The summed E-state index contributed by atoms with van der Waals surface area (Å²) in [6.45, 7) is 1.46. The Balaban J connectivity index is 1.72. The van der Waals surface area contributed by atoms with Crippen LogP contribution in [-0.2, 0) is 16.1 Å². The number of methoxy groups -OCH3 is 2. The van der Waals surface area contributed by atoms with Crippen molar-refractivity contribution in [3.8, 4) is 11.5 Å². The van der Waals surface area contributed by atoms with Crippen molar-refractivity contribution in [2.45, 2.75) is 13.5 Å². The average Bonchev–Trinajstić information content (AvgIpc) is 3.20. The second-order valence-electron chi connectivity index (χ2n) is 5.99. The minimum absolute atomic E-state index is 0.0185. The Morgan fingerprint density at radius 1 is 1.03 bits per heavy atom. The Morgan fingerprint density at radius 2 is 1.69 bits per heavy atom. The van der Waals surface area contributed by atoms with E-state index in [1.807, 2.05) is 30.3 Å². The molecule has 0 bridgehead atoms. The highest BCUT2D eigenvalue weighted by molar-refractivity contribution is 7.14. The van der Waals surface area contributed by atoms with Crippen LogP contribution in [0.5, 0.6) is 11.5 Å². The maximum Gasteiger partial charge on any atom is 0.338 e. The molecule has 29 heavy (non-hydrogen) atoms. The third-order valence-electron chi connectivity index (χ3n) is 4.00. The lowest BCUT2D eigenvalue weighted by Crippen LogP contribution is -2.22. The molecule has 0 saturated heterocycles. The van der Waals surface area contributed by atoms with Gasteiger partial charge in [0.1, 0.15) is 18.1 Å². The van der Waals surface area contributed by atoms with Gasteiger partial charge < -0.3 is 14.2 Å². The fraction of sp³-hybridized carbons (Fsp3) is 0.190. The van der Waals surface area contributed by atoms with Crippen molar-refractivity contribution >= 4 is 34.0 Å².